The summed E-state index contributed by atoms with van der Waals surface area (Å²) in [6, 6.07) is 10.2. The molecule has 21 heavy (non-hydrogen) atoms. The maximum Gasteiger partial charge on any atom is 0.161 e. The zero-order valence-corrected chi connectivity index (χ0v) is 13.0. The molecule has 2 aromatic rings. The van der Waals surface area contributed by atoms with E-state index >= 15 is 0 Å². The molecule has 5 nitrogen and oxygen atoms in total. The van der Waals surface area contributed by atoms with Crippen LogP contribution in [0.3, 0.4) is 0 Å². The molecular weight excluding hydrogens is 266 g/mol. The highest BCUT2D eigenvalue weighted by molar-refractivity contribution is 5.32. The SMILES string of the molecule is CCOC(c1ccccc1)C(NC)c1c(OC)cnn1C. The van der Waals surface area contributed by atoms with Crippen LogP contribution < -0.4 is 10.1 Å². The molecule has 0 radical (unpaired) electrons. The third kappa shape index (κ3) is 3.25. The predicted octanol–water partition coefficient (Wildman–Crippen LogP) is 2.47. The Bertz CT molecular complexity index is 554. The van der Waals surface area contributed by atoms with Gasteiger partial charge in [-0.3, -0.25) is 4.68 Å². The monoisotopic (exact) mass is 289 g/mol. The summed E-state index contributed by atoms with van der Waals surface area (Å²) in [4.78, 5) is 0. The average Bonchev–Trinajstić information content (AvgIpc) is 2.89. The van der Waals surface area contributed by atoms with Crippen LogP contribution in [0.2, 0.25) is 0 Å². The standard InChI is InChI=1S/C16H23N3O2/c1-5-21-16(12-9-7-6-8-10-12)14(17-2)15-13(20-4)11-18-19(15)3/h6-11,14,16-17H,5H2,1-4H3. The summed E-state index contributed by atoms with van der Waals surface area (Å²) in [7, 11) is 5.49. The Kier molecular flexibility index (Phi) is 5.36. The van der Waals surface area contributed by atoms with Gasteiger partial charge in [0.2, 0.25) is 0 Å². The van der Waals surface area contributed by atoms with Crippen LogP contribution in [-0.2, 0) is 11.8 Å². The third-order valence-electron chi connectivity index (χ3n) is 3.55. The first-order valence-electron chi connectivity index (χ1n) is 7.12. The molecule has 0 aliphatic heterocycles. The van der Waals surface area contributed by atoms with Crippen molar-refractivity contribution in [3.8, 4) is 5.75 Å². The molecule has 1 heterocycles. The first-order valence-corrected chi connectivity index (χ1v) is 7.12. The van der Waals surface area contributed by atoms with Crippen molar-refractivity contribution in [1.29, 1.82) is 0 Å². The minimum atomic E-state index is -0.106. The van der Waals surface area contributed by atoms with E-state index in [4.69, 9.17) is 9.47 Å². The fourth-order valence-electron chi connectivity index (χ4n) is 2.58. The molecule has 5 heteroatoms. The summed E-state index contributed by atoms with van der Waals surface area (Å²) in [5, 5.41) is 7.63. The van der Waals surface area contributed by atoms with Crippen LogP contribution in [0.1, 0.15) is 30.3 Å². The van der Waals surface area contributed by atoms with E-state index in [-0.39, 0.29) is 12.1 Å². The second-order valence-corrected chi connectivity index (χ2v) is 4.77. The van der Waals surface area contributed by atoms with Gasteiger partial charge in [0.15, 0.2) is 5.75 Å². The van der Waals surface area contributed by atoms with E-state index in [9.17, 15) is 0 Å². The van der Waals surface area contributed by atoms with E-state index in [1.807, 2.05) is 43.9 Å². The van der Waals surface area contributed by atoms with Crippen molar-refractivity contribution >= 4 is 0 Å². The molecule has 0 aliphatic carbocycles. The van der Waals surface area contributed by atoms with Gasteiger partial charge >= 0.3 is 0 Å². The van der Waals surface area contributed by atoms with Crippen molar-refractivity contribution in [1.82, 2.24) is 15.1 Å². The number of hydrogen-bond acceptors (Lipinski definition) is 4. The number of aromatic nitrogens is 2. The number of methoxy groups -OCH3 is 1. The molecule has 0 saturated carbocycles. The zero-order chi connectivity index (χ0) is 15.2. The van der Waals surface area contributed by atoms with Gasteiger partial charge in [-0.2, -0.15) is 5.10 Å². The van der Waals surface area contributed by atoms with E-state index in [0.717, 1.165) is 17.0 Å². The van der Waals surface area contributed by atoms with E-state index in [1.54, 1.807) is 13.3 Å². The Morgan fingerprint density at radius 1 is 1.29 bits per heavy atom. The summed E-state index contributed by atoms with van der Waals surface area (Å²) >= 11 is 0. The van der Waals surface area contributed by atoms with Gasteiger partial charge in [0, 0.05) is 13.7 Å². The molecule has 1 N–H and O–H groups in total. The first kappa shape index (κ1) is 15.5. The molecule has 1 aromatic heterocycles. The van der Waals surface area contributed by atoms with Gasteiger partial charge in [-0.25, -0.2) is 0 Å². The smallest absolute Gasteiger partial charge is 0.161 e. The number of ether oxygens (including phenoxy) is 2. The lowest BCUT2D eigenvalue weighted by atomic mass is 9.99. The fraction of sp³-hybridized carbons (Fsp3) is 0.438. The van der Waals surface area contributed by atoms with Crippen LogP contribution in [0, 0.1) is 0 Å². The number of aryl methyl sites for hydroxylation is 1. The largest absolute Gasteiger partial charge is 0.493 e. The van der Waals surface area contributed by atoms with Crippen LogP contribution >= 0.6 is 0 Å². The number of benzene rings is 1. The van der Waals surface area contributed by atoms with Gasteiger partial charge in [-0.1, -0.05) is 30.3 Å². The van der Waals surface area contributed by atoms with Gasteiger partial charge in [0.1, 0.15) is 6.10 Å². The summed E-state index contributed by atoms with van der Waals surface area (Å²) in [5.74, 6) is 0.762. The van der Waals surface area contributed by atoms with E-state index < -0.39 is 0 Å². The molecule has 0 bridgehead atoms. The molecule has 0 saturated heterocycles. The van der Waals surface area contributed by atoms with Crippen LogP contribution in [0.5, 0.6) is 5.75 Å². The van der Waals surface area contributed by atoms with Gasteiger partial charge in [-0.15, -0.1) is 0 Å². The van der Waals surface area contributed by atoms with Crippen LogP contribution in [0.25, 0.3) is 0 Å². The molecule has 0 aliphatic rings. The van der Waals surface area contributed by atoms with E-state index in [1.165, 1.54) is 0 Å². The maximum atomic E-state index is 6.00. The minimum Gasteiger partial charge on any atom is -0.493 e. The predicted molar refractivity (Wildman–Crippen MR) is 82.4 cm³/mol. The number of hydrogen-bond donors (Lipinski definition) is 1. The highest BCUT2D eigenvalue weighted by atomic mass is 16.5. The van der Waals surface area contributed by atoms with E-state index in [0.29, 0.717) is 6.61 Å². The molecule has 0 spiro atoms. The molecule has 2 unspecified atom stereocenters. The third-order valence-corrected chi connectivity index (χ3v) is 3.55. The second-order valence-electron chi connectivity index (χ2n) is 4.77. The Morgan fingerprint density at radius 3 is 2.57 bits per heavy atom. The van der Waals surface area contributed by atoms with Crippen molar-refractivity contribution in [2.45, 2.75) is 19.1 Å². The van der Waals surface area contributed by atoms with Crippen LogP contribution in [-0.4, -0.2) is 30.5 Å². The van der Waals surface area contributed by atoms with Gasteiger partial charge in [0.05, 0.1) is 25.0 Å². The summed E-state index contributed by atoms with van der Waals surface area (Å²) in [6.45, 7) is 2.64. The Hall–Kier alpha value is -1.85. The van der Waals surface area contributed by atoms with Crippen molar-refractivity contribution in [3.05, 3.63) is 47.8 Å². The van der Waals surface area contributed by atoms with Gasteiger partial charge in [0.25, 0.3) is 0 Å². The minimum absolute atomic E-state index is 0.0465. The Labute approximate surface area is 125 Å². The van der Waals surface area contributed by atoms with Crippen molar-refractivity contribution in [3.63, 3.8) is 0 Å². The normalized spacial score (nSPS) is 13.9. The van der Waals surface area contributed by atoms with Crippen LogP contribution in [0.4, 0.5) is 0 Å². The Morgan fingerprint density at radius 2 is 2.00 bits per heavy atom. The lowest BCUT2D eigenvalue weighted by Crippen LogP contribution is -2.28. The average molecular weight is 289 g/mol. The first-order chi connectivity index (χ1) is 10.2. The van der Waals surface area contributed by atoms with Crippen molar-refractivity contribution in [2.24, 2.45) is 7.05 Å². The zero-order valence-electron chi connectivity index (χ0n) is 13.0. The molecular formula is C16H23N3O2. The topological polar surface area (TPSA) is 48.3 Å². The lowest BCUT2D eigenvalue weighted by molar-refractivity contribution is 0.0320. The fourth-order valence-corrected chi connectivity index (χ4v) is 2.58. The molecule has 2 rings (SSSR count). The van der Waals surface area contributed by atoms with Gasteiger partial charge < -0.3 is 14.8 Å². The number of nitrogens with zero attached hydrogens (tertiary/aromatic N) is 2. The Balaban J connectivity index is 2.43. The quantitative estimate of drug-likeness (QED) is 0.850. The lowest BCUT2D eigenvalue weighted by Gasteiger charge is -2.28. The highest BCUT2D eigenvalue weighted by Crippen LogP contribution is 2.35. The van der Waals surface area contributed by atoms with E-state index in [2.05, 4.69) is 22.5 Å². The highest BCUT2D eigenvalue weighted by Gasteiger charge is 2.29. The van der Waals surface area contributed by atoms with Crippen molar-refractivity contribution in [2.75, 3.05) is 20.8 Å². The number of likely N-dealkylation sites (N-methyl/N-ethyl adjacent to an activating group) is 1. The second kappa shape index (κ2) is 7.24. The number of rotatable bonds is 7. The molecule has 0 amide bonds. The molecule has 1 aromatic carbocycles. The summed E-state index contributed by atoms with van der Waals surface area (Å²) in [5.41, 5.74) is 2.10. The summed E-state index contributed by atoms with van der Waals surface area (Å²) in [6.07, 6.45) is 1.62. The van der Waals surface area contributed by atoms with Gasteiger partial charge in [-0.05, 0) is 19.5 Å². The molecule has 0 fully saturated rings. The molecule has 2 atom stereocenters. The van der Waals surface area contributed by atoms with Crippen molar-refractivity contribution < 1.29 is 9.47 Å². The number of nitrogens with one attached hydrogen (secondary N) is 1. The summed E-state index contributed by atoms with van der Waals surface area (Å²) < 4.78 is 13.3. The molecule has 114 valence electrons. The van der Waals surface area contributed by atoms with Crippen LogP contribution in [0.15, 0.2) is 36.5 Å². The maximum absolute atomic E-state index is 6.00.